The van der Waals surface area contributed by atoms with Crippen molar-refractivity contribution >= 4 is 34.3 Å². The van der Waals surface area contributed by atoms with E-state index in [4.69, 9.17) is 4.74 Å². The number of rotatable bonds is 4. The number of aromatic amines is 1. The minimum atomic E-state index is -0.940. The molecule has 3 amide bonds. The van der Waals surface area contributed by atoms with Gasteiger partial charge in [-0.15, -0.1) is 0 Å². The number of aryl methyl sites for hydroxylation is 1. The van der Waals surface area contributed by atoms with Crippen LogP contribution in [0.5, 0.6) is 5.75 Å². The maximum Gasteiger partial charge on any atom is 0.254 e. The van der Waals surface area contributed by atoms with Gasteiger partial charge in [0.25, 0.3) is 5.91 Å². The van der Waals surface area contributed by atoms with Crippen LogP contribution in [0.15, 0.2) is 42.5 Å². The summed E-state index contributed by atoms with van der Waals surface area (Å²) in [5.74, 6) is -0.270. The van der Waals surface area contributed by atoms with E-state index in [1.807, 2.05) is 18.2 Å². The molecule has 2 atom stereocenters. The number of methoxy groups -OCH3 is 1. The molecule has 2 heterocycles. The Bertz CT molecular complexity index is 1230. The number of H-pyrrole nitrogens is 1. The Morgan fingerprint density at radius 1 is 1.19 bits per heavy atom. The van der Waals surface area contributed by atoms with E-state index in [-0.39, 0.29) is 24.3 Å². The lowest BCUT2D eigenvalue weighted by Gasteiger charge is -2.24. The quantitative estimate of drug-likeness (QED) is 0.508. The van der Waals surface area contributed by atoms with E-state index in [9.17, 15) is 14.4 Å². The van der Waals surface area contributed by atoms with Crippen LogP contribution in [-0.4, -0.2) is 35.9 Å². The molecule has 1 aromatic heterocycles. The monoisotopic (exact) mass is 432 g/mol. The number of nitrogens with one attached hydrogen (secondary N) is 4. The Balaban J connectivity index is 1.32. The van der Waals surface area contributed by atoms with Gasteiger partial charge in [-0.3, -0.25) is 14.4 Å². The molecule has 2 aromatic carbocycles. The molecule has 8 nitrogen and oxygen atoms in total. The molecule has 5 rings (SSSR count). The molecular formula is C24H24N4O4. The van der Waals surface area contributed by atoms with Gasteiger partial charge in [0, 0.05) is 16.6 Å². The fraction of sp³-hybridized carbons (Fsp3) is 0.292. The van der Waals surface area contributed by atoms with Gasteiger partial charge in [0.15, 0.2) is 0 Å². The third-order valence-corrected chi connectivity index (χ3v) is 6.19. The van der Waals surface area contributed by atoms with Crippen molar-refractivity contribution in [3.63, 3.8) is 0 Å². The Morgan fingerprint density at radius 3 is 2.88 bits per heavy atom. The van der Waals surface area contributed by atoms with E-state index in [1.54, 1.807) is 31.4 Å². The van der Waals surface area contributed by atoms with Crippen molar-refractivity contribution in [2.45, 2.75) is 37.8 Å². The largest absolute Gasteiger partial charge is 0.497 e. The first-order valence-electron chi connectivity index (χ1n) is 10.7. The number of anilines is 1. The standard InChI is InChI=1S/C24H24N4O4/c1-32-13-9-10-18-16(11-13)14-6-4-8-19(22(14)26-18)25-21(29)12-20-24(31)27-17-7-3-2-5-15(17)23(30)28-20/h2-3,5,7,9-11,19-20,26H,4,6,8,12H2,1H3,(H,25,29)(H,27,31)(H,28,30)/t19-,20+/m1/s1. The molecule has 0 bridgehead atoms. The molecule has 0 radical (unpaired) electrons. The number of ether oxygens (including phenoxy) is 1. The van der Waals surface area contributed by atoms with E-state index >= 15 is 0 Å². The predicted molar refractivity (Wildman–Crippen MR) is 120 cm³/mol. The van der Waals surface area contributed by atoms with E-state index in [0.717, 1.165) is 41.6 Å². The summed E-state index contributed by atoms with van der Waals surface area (Å²) in [4.78, 5) is 41.4. The number of hydrogen-bond donors (Lipinski definition) is 4. The van der Waals surface area contributed by atoms with Crippen molar-refractivity contribution in [2.24, 2.45) is 0 Å². The molecular weight excluding hydrogens is 408 g/mol. The number of hydrogen-bond acceptors (Lipinski definition) is 4. The van der Waals surface area contributed by atoms with E-state index in [2.05, 4.69) is 20.9 Å². The van der Waals surface area contributed by atoms with Crippen molar-refractivity contribution < 1.29 is 19.1 Å². The number of amides is 3. The van der Waals surface area contributed by atoms with Gasteiger partial charge >= 0.3 is 0 Å². The highest BCUT2D eigenvalue weighted by Crippen LogP contribution is 2.36. The highest BCUT2D eigenvalue weighted by Gasteiger charge is 2.31. The third kappa shape index (κ3) is 3.57. The van der Waals surface area contributed by atoms with Crippen LogP contribution in [0, 0.1) is 0 Å². The van der Waals surface area contributed by atoms with Gasteiger partial charge in [-0.05, 0) is 55.2 Å². The van der Waals surface area contributed by atoms with Gasteiger partial charge < -0.3 is 25.7 Å². The fourth-order valence-corrected chi connectivity index (χ4v) is 4.61. The second-order valence-electron chi connectivity index (χ2n) is 8.21. The molecule has 164 valence electrons. The zero-order chi connectivity index (χ0) is 22.2. The number of aromatic nitrogens is 1. The second kappa shape index (κ2) is 8.03. The summed E-state index contributed by atoms with van der Waals surface area (Å²) in [6, 6.07) is 11.6. The molecule has 0 saturated heterocycles. The number of carbonyl (C=O) groups is 3. The zero-order valence-corrected chi connectivity index (χ0v) is 17.7. The number of para-hydroxylation sites is 1. The summed E-state index contributed by atoms with van der Waals surface area (Å²) in [6.45, 7) is 0. The van der Waals surface area contributed by atoms with Crippen LogP contribution >= 0.6 is 0 Å². The normalized spacial score (nSPS) is 19.9. The van der Waals surface area contributed by atoms with Crippen molar-refractivity contribution in [1.29, 1.82) is 0 Å². The minimum Gasteiger partial charge on any atom is -0.497 e. The smallest absolute Gasteiger partial charge is 0.254 e. The second-order valence-corrected chi connectivity index (χ2v) is 8.21. The first-order valence-corrected chi connectivity index (χ1v) is 10.7. The summed E-state index contributed by atoms with van der Waals surface area (Å²) < 4.78 is 5.36. The third-order valence-electron chi connectivity index (χ3n) is 6.19. The first kappa shape index (κ1) is 20.1. The van der Waals surface area contributed by atoms with Gasteiger partial charge in [-0.2, -0.15) is 0 Å². The van der Waals surface area contributed by atoms with Gasteiger partial charge in [-0.25, -0.2) is 0 Å². The lowest BCUT2D eigenvalue weighted by atomic mass is 9.91. The zero-order valence-electron chi connectivity index (χ0n) is 17.7. The fourth-order valence-electron chi connectivity index (χ4n) is 4.61. The number of benzene rings is 2. The van der Waals surface area contributed by atoms with Gasteiger partial charge in [0.2, 0.25) is 11.8 Å². The van der Waals surface area contributed by atoms with E-state index in [0.29, 0.717) is 11.3 Å². The Labute approximate surface area is 184 Å². The molecule has 0 spiro atoms. The topological polar surface area (TPSA) is 112 Å². The Morgan fingerprint density at radius 2 is 2.03 bits per heavy atom. The van der Waals surface area contributed by atoms with Crippen molar-refractivity contribution in [1.82, 2.24) is 15.6 Å². The van der Waals surface area contributed by atoms with Crippen molar-refractivity contribution in [3.05, 3.63) is 59.3 Å². The Kier molecular flexibility index (Phi) is 5.05. The summed E-state index contributed by atoms with van der Waals surface area (Å²) in [6.07, 6.45) is 2.54. The van der Waals surface area contributed by atoms with E-state index in [1.165, 1.54) is 5.56 Å². The maximum absolute atomic E-state index is 12.9. The predicted octanol–water partition coefficient (Wildman–Crippen LogP) is 2.81. The molecule has 3 aromatic rings. The summed E-state index contributed by atoms with van der Waals surface area (Å²) in [5, 5.41) is 9.57. The van der Waals surface area contributed by atoms with Crippen LogP contribution in [0.2, 0.25) is 0 Å². The van der Waals surface area contributed by atoms with Crippen LogP contribution < -0.4 is 20.7 Å². The molecule has 0 saturated carbocycles. The van der Waals surface area contributed by atoms with Crippen LogP contribution in [-0.2, 0) is 16.0 Å². The SMILES string of the molecule is COc1ccc2[nH]c3c(c2c1)CCC[C@H]3NC(=O)C[C@@H]1NC(=O)c2ccccc2NC1=O. The van der Waals surface area contributed by atoms with E-state index < -0.39 is 11.9 Å². The maximum atomic E-state index is 12.9. The van der Waals surface area contributed by atoms with Crippen LogP contribution in [0.1, 0.15) is 46.9 Å². The molecule has 4 N–H and O–H groups in total. The average Bonchev–Trinajstić information content (AvgIpc) is 3.12. The summed E-state index contributed by atoms with van der Waals surface area (Å²) in [7, 11) is 1.64. The highest BCUT2D eigenvalue weighted by molar-refractivity contribution is 6.10. The van der Waals surface area contributed by atoms with Gasteiger partial charge in [-0.1, -0.05) is 12.1 Å². The van der Waals surface area contributed by atoms with Crippen LogP contribution in [0.4, 0.5) is 5.69 Å². The summed E-state index contributed by atoms with van der Waals surface area (Å²) in [5.41, 5.74) is 4.02. The van der Waals surface area contributed by atoms with Crippen LogP contribution in [0.3, 0.4) is 0 Å². The van der Waals surface area contributed by atoms with Crippen molar-refractivity contribution in [3.8, 4) is 5.75 Å². The molecule has 2 aliphatic rings. The average molecular weight is 432 g/mol. The summed E-state index contributed by atoms with van der Waals surface area (Å²) >= 11 is 0. The lowest BCUT2D eigenvalue weighted by Crippen LogP contribution is -2.45. The van der Waals surface area contributed by atoms with Gasteiger partial charge in [0.05, 0.1) is 30.8 Å². The number of carbonyl (C=O) groups excluding carboxylic acids is 3. The molecule has 32 heavy (non-hydrogen) atoms. The molecule has 0 fully saturated rings. The Hall–Kier alpha value is -3.81. The first-order chi connectivity index (χ1) is 15.5. The molecule has 1 aliphatic heterocycles. The molecule has 8 heteroatoms. The molecule has 0 unspecified atom stereocenters. The minimum absolute atomic E-state index is 0.133. The molecule has 1 aliphatic carbocycles. The van der Waals surface area contributed by atoms with Crippen LogP contribution in [0.25, 0.3) is 10.9 Å². The van der Waals surface area contributed by atoms with Crippen molar-refractivity contribution in [2.75, 3.05) is 12.4 Å². The lowest BCUT2D eigenvalue weighted by molar-refractivity contribution is -0.126. The van der Waals surface area contributed by atoms with Gasteiger partial charge in [0.1, 0.15) is 11.8 Å². The highest BCUT2D eigenvalue weighted by atomic mass is 16.5. The number of fused-ring (bicyclic) bond motifs is 4.